The Morgan fingerprint density at radius 3 is 2.72 bits per heavy atom. The molecule has 94 valence electrons. The topological polar surface area (TPSA) is 84.7 Å². The van der Waals surface area contributed by atoms with Gasteiger partial charge in [-0.3, -0.25) is 4.79 Å². The van der Waals surface area contributed by atoms with Crippen LogP contribution in [0.25, 0.3) is 11.3 Å². The summed E-state index contributed by atoms with van der Waals surface area (Å²) < 4.78 is 0.985. The average molecular weight is 309 g/mol. The molecule has 0 saturated heterocycles. The Morgan fingerprint density at radius 1 is 1.39 bits per heavy atom. The lowest BCUT2D eigenvalue weighted by molar-refractivity contribution is 0.0996. The Labute approximate surface area is 113 Å². The minimum absolute atomic E-state index is 0.166. The molecule has 2 rings (SSSR count). The summed E-state index contributed by atoms with van der Waals surface area (Å²) in [7, 11) is 0. The Kier molecular flexibility index (Phi) is 3.47. The van der Waals surface area contributed by atoms with Gasteiger partial charge < -0.3 is 5.73 Å². The van der Waals surface area contributed by atoms with Gasteiger partial charge in [0.25, 0.3) is 5.91 Å². The van der Waals surface area contributed by atoms with Crippen LogP contribution in [0, 0.1) is 0 Å². The van der Waals surface area contributed by atoms with Gasteiger partial charge in [-0.15, -0.1) is 0 Å². The van der Waals surface area contributed by atoms with E-state index >= 15 is 0 Å². The van der Waals surface area contributed by atoms with Gasteiger partial charge in [0.2, 0.25) is 0 Å². The van der Waals surface area contributed by atoms with Gasteiger partial charge in [0, 0.05) is 10.0 Å². The largest absolute Gasteiger partial charge is 0.364 e. The van der Waals surface area contributed by atoms with Crippen LogP contribution < -0.4 is 5.73 Å². The fourth-order valence-corrected chi connectivity index (χ4v) is 2.20. The highest BCUT2D eigenvalue weighted by Crippen LogP contribution is 2.31. The number of benzene rings is 1. The van der Waals surface area contributed by atoms with Crippen molar-refractivity contribution in [3.8, 4) is 11.3 Å². The van der Waals surface area contributed by atoms with Crippen LogP contribution in [0.3, 0.4) is 0 Å². The van der Waals surface area contributed by atoms with Gasteiger partial charge in [-0.2, -0.15) is 15.4 Å². The first-order valence-corrected chi connectivity index (χ1v) is 6.30. The van der Waals surface area contributed by atoms with Crippen molar-refractivity contribution < 1.29 is 4.79 Å². The van der Waals surface area contributed by atoms with Crippen LogP contribution in [0.2, 0.25) is 0 Å². The van der Waals surface area contributed by atoms with Gasteiger partial charge >= 0.3 is 0 Å². The highest BCUT2D eigenvalue weighted by atomic mass is 79.9. The summed E-state index contributed by atoms with van der Waals surface area (Å²) in [4.78, 5) is 11.3. The maximum atomic E-state index is 11.3. The van der Waals surface area contributed by atoms with Crippen LogP contribution in [0.1, 0.15) is 35.8 Å². The number of amides is 1. The summed E-state index contributed by atoms with van der Waals surface area (Å²) in [5, 5.41) is 10.3. The second kappa shape index (κ2) is 4.89. The summed E-state index contributed by atoms with van der Waals surface area (Å²) in [6.07, 6.45) is 0. The summed E-state index contributed by atoms with van der Waals surface area (Å²) >= 11 is 3.44. The van der Waals surface area contributed by atoms with E-state index in [-0.39, 0.29) is 5.69 Å². The molecular formula is C12H13BrN4O. The Bertz CT molecular complexity index is 592. The number of carbonyl (C=O) groups is 1. The molecule has 5 nitrogen and oxygen atoms in total. The highest BCUT2D eigenvalue weighted by molar-refractivity contribution is 9.10. The normalized spacial score (nSPS) is 10.9. The maximum absolute atomic E-state index is 11.3. The van der Waals surface area contributed by atoms with Crippen LogP contribution in [-0.2, 0) is 0 Å². The Balaban J connectivity index is 2.63. The molecule has 3 N–H and O–H groups in total. The van der Waals surface area contributed by atoms with Gasteiger partial charge in [-0.25, -0.2) is 0 Å². The van der Waals surface area contributed by atoms with E-state index in [4.69, 9.17) is 5.73 Å². The van der Waals surface area contributed by atoms with E-state index in [0.717, 1.165) is 15.6 Å². The van der Waals surface area contributed by atoms with Crippen LogP contribution in [0.5, 0.6) is 0 Å². The van der Waals surface area contributed by atoms with Crippen molar-refractivity contribution in [3.63, 3.8) is 0 Å². The van der Waals surface area contributed by atoms with E-state index in [1.54, 1.807) is 0 Å². The van der Waals surface area contributed by atoms with Crippen molar-refractivity contribution in [3.05, 3.63) is 33.9 Å². The van der Waals surface area contributed by atoms with E-state index in [0.29, 0.717) is 11.6 Å². The molecule has 0 spiro atoms. The van der Waals surface area contributed by atoms with E-state index in [2.05, 4.69) is 45.2 Å². The van der Waals surface area contributed by atoms with E-state index in [9.17, 15) is 4.79 Å². The monoisotopic (exact) mass is 308 g/mol. The number of primary amides is 1. The average Bonchev–Trinajstić information content (AvgIpc) is 2.77. The van der Waals surface area contributed by atoms with E-state index in [1.165, 1.54) is 0 Å². The molecule has 0 aliphatic rings. The van der Waals surface area contributed by atoms with Crippen molar-refractivity contribution in [1.82, 2.24) is 15.4 Å². The number of hydrogen-bond acceptors (Lipinski definition) is 3. The standard InChI is InChI=1S/C12H13BrN4O/c1-6(2)9-5-7(13)3-4-8(9)10-11(12(14)18)16-17-15-10/h3-6H,1-2H3,(H2,14,18)(H,15,16,17). The van der Waals surface area contributed by atoms with Crippen LogP contribution >= 0.6 is 15.9 Å². The maximum Gasteiger partial charge on any atom is 0.271 e. The number of nitrogens with zero attached hydrogens (tertiary/aromatic N) is 2. The number of aromatic nitrogens is 3. The van der Waals surface area contributed by atoms with Gasteiger partial charge in [0.1, 0.15) is 5.69 Å². The summed E-state index contributed by atoms with van der Waals surface area (Å²) in [5.74, 6) is -0.286. The molecule has 0 unspecified atom stereocenters. The zero-order chi connectivity index (χ0) is 13.3. The summed E-state index contributed by atoms with van der Waals surface area (Å²) in [5.41, 5.74) is 7.90. The summed E-state index contributed by atoms with van der Waals surface area (Å²) in [6, 6.07) is 5.82. The molecule has 0 aliphatic carbocycles. The number of halogens is 1. The third-order valence-corrected chi connectivity index (χ3v) is 3.17. The number of hydrogen-bond donors (Lipinski definition) is 2. The molecule has 0 fully saturated rings. The highest BCUT2D eigenvalue weighted by Gasteiger charge is 2.19. The fraction of sp³-hybridized carbons (Fsp3) is 0.250. The first-order valence-electron chi connectivity index (χ1n) is 5.51. The Hall–Kier alpha value is -1.69. The number of nitrogens with one attached hydrogen (secondary N) is 1. The van der Waals surface area contributed by atoms with Crippen LogP contribution in [-0.4, -0.2) is 21.3 Å². The zero-order valence-corrected chi connectivity index (χ0v) is 11.7. The molecule has 0 atom stereocenters. The van der Waals surface area contributed by atoms with Gasteiger partial charge in [-0.05, 0) is 23.6 Å². The third kappa shape index (κ3) is 2.28. The number of rotatable bonds is 3. The predicted octanol–water partition coefficient (Wildman–Crippen LogP) is 2.46. The second-order valence-corrected chi connectivity index (χ2v) is 5.19. The molecule has 1 aromatic heterocycles. The predicted molar refractivity (Wildman–Crippen MR) is 72.1 cm³/mol. The Morgan fingerprint density at radius 2 is 2.11 bits per heavy atom. The molecule has 18 heavy (non-hydrogen) atoms. The molecule has 6 heteroatoms. The molecule has 1 amide bonds. The summed E-state index contributed by atoms with van der Waals surface area (Å²) in [6.45, 7) is 4.16. The van der Waals surface area contributed by atoms with Crippen LogP contribution in [0.4, 0.5) is 0 Å². The van der Waals surface area contributed by atoms with Crippen LogP contribution in [0.15, 0.2) is 22.7 Å². The minimum atomic E-state index is -0.587. The molecular weight excluding hydrogens is 296 g/mol. The second-order valence-electron chi connectivity index (χ2n) is 4.27. The lowest BCUT2D eigenvalue weighted by Gasteiger charge is -2.11. The van der Waals surface area contributed by atoms with E-state index < -0.39 is 5.91 Å². The van der Waals surface area contributed by atoms with Crippen molar-refractivity contribution in [2.24, 2.45) is 5.73 Å². The third-order valence-electron chi connectivity index (χ3n) is 2.67. The number of carbonyl (C=O) groups excluding carboxylic acids is 1. The minimum Gasteiger partial charge on any atom is -0.364 e. The van der Waals surface area contributed by atoms with Gasteiger partial charge in [0.15, 0.2) is 5.69 Å². The molecule has 0 radical (unpaired) electrons. The lowest BCUT2D eigenvalue weighted by atomic mass is 9.94. The van der Waals surface area contributed by atoms with Gasteiger partial charge in [0.05, 0.1) is 0 Å². The SMILES string of the molecule is CC(C)c1cc(Br)ccc1-c1n[nH]nc1C(N)=O. The van der Waals surface area contributed by atoms with Crippen molar-refractivity contribution in [1.29, 1.82) is 0 Å². The fourth-order valence-electron chi connectivity index (χ4n) is 1.82. The number of aromatic amines is 1. The van der Waals surface area contributed by atoms with Crippen molar-refractivity contribution in [2.45, 2.75) is 19.8 Å². The van der Waals surface area contributed by atoms with E-state index in [1.807, 2.05) is 18.2 Å². The quantitative estimate of drug-likeness (QED) is 0.913. The zero-order valence-electron chi connectivity index (χ0n) is 10.1. The molecule has 1 heterocycles. The first kappa shape index (κ1) is 12.8. The molecule has 2 aromatic rings. The molecule has 0 aliphatic heterocycles. The number of H-pyrrole nitrogens is 1. The van der Waals surface area contributed by atoms with Crippen molar-refractivity contribution >= 4 is 21.8 Å². The smallest absolute Gasteiger partial charge is 0.271 e. The van der Waals surface area contributed by atoms with Gasteiger partial charge in [-0.1, -0.05) is 35.8 Å². The molecule has 0 bridgehead atoms. The first-order chi connectivity index (χ1) is 8.50. The lowest BCUT2D eigenvalue weighted by Crippen LogP contribution is -2.13. The molecule has 1 aromatic carbocycles. The van der Waals surface area contributed by atoms with Crippen molar-refractivity contribution in [2.75, 3.05) is 0 Å². The number of nitrogens with two attached hydrogens (primary N) is 1. The molecule has 0 saturated carbocycles.